The van der Waals surface area contributed by atoms with Gasteiger partial charge in [-0.15, -0.1) is 0 Å². The van der Waals surface area contributed by atoms with Crippen LogP contribution >= 0.6 is 0 Å². The highest BCUT2D eigenvalue weighted by atomic mass is 32.2. The lowest BCUT2D eigenvalue weighted by Crippen LogP contribution is -2.86. The number of rotatable bonds is 3. The highest BCUT2D eigenvalue weighted by molar-refractivity contribution is 7.91. The molecule has 0 atom stereocenters. The predicted molar refractivity (Wildman–Crippen MR) is 90.4 cm³/mol. The molecular formula is C17H21F3NO6S+. The van der Waals surface area contributed by atoms with Crippen LogP contribution < -0.4 is 5.32 Å². The molecule has 0 bridgehead atoms. The van der Waals surface area contributed by atoms with Crippen LogP contribution in [0.4, 0.5) is 13.2 Å². The molecule has 3 rings (SSSR count). The van der Waals surface area contributed by atoms with E-state index in [9.17, 15) is 26.4 Å². The third-order valence-electron chi connectivity index (χ3n) is 4.71. The number of carbonyl (C=O) groups is 2. The Kier molecular flexibility index (Phi) is 6.71. The minimum atomic E-state index is -5.08. The fraction of sp³-hybridized carbons (Fsp3) is 0.529. The van der Waals surface area contributed by atoms with Crippen LogP contribution in [0.1, 0.15) is 34.3 Å². The number of halogens is 3. The van der Waals surface area contributed by atoms with E-state index in [-0.39, 0.29) is 24.2 Å². The van der Waals surface area contributed by atoms with Crippen molar-refractivity contribution in [2.45, 2.75) is 37.4 Å². The molecule has 0 saturated carbocycles. The van der Waals surface area contributed by atoms with Crippen molar-refractivity contribution in [3.63, 3.8) is 0 Å². The van der Waals surface area contributed by atoms with Gasteiger partial charge < -0.3 is 15.2 Å². The van der Waals surface area contributed by atoms with Crippen molar-refractivity contribution < 1.29 is 46.3 Å². The van der Waals surface area contributed by atoms with Gasteiger partial charge in [0.2, 0.25) is 0 Å². The summed E-state index contributed by atoms with van der Waals surface area (Å²) in [6.07, 6.45) is -3.18. The summed E-state index contributed by atoms with van der Waals surface area (Å²) in [5, 5.41) is 9.35. The van der Waals surface area contributed by atoms with Crippen LogP contribution in [0.15, 0.2) is 17.0 Å². The van der Waals surface area contributed by atoms with Crippen LogP contribution in [0.25, 0.3) is 0 Å². The highest BCUT2D eigenvalue weighted by Crippen LogP contribution is 2.30. The summed E-state index contributed by atoms with van der Waals surface area (Å²) in [4.78, 5) is 20.8. The SMILES string of the molecule is Cc1c(S(=O)(=O)CC2CC[NH2+]CC2)ccc2c1COC2=O.O=C(O)C(F)(F)F. The Bertz CT molecular complexity index is 860. The van der Waals surface area contributed by atoms with Gasteiger partial charge in [-0.3, -0.25) is 0 Å². The number of nitrogens with two attached hydrogens (primary N) is 1. The summed E-state index contributed by atoms with van der Waals surface area (Å²) >= 11 is 0. The molecule has 11 heteroatoms. The number of quaternary nitrogens is 1. The Morgan fingerprint density at radius 2 is 1.86 bits per heavy atom. The second-order valence-electron chi connectivity index (χ2n) is 6.68. The molecular weight excluding hydrogens is 403 g/mol. The van der Waals surface area contributed by atoms with Crippen molar-refractivity contribution in [1.29, 1.82) is 0 Å². The number of hydrogen-bond donors (Lipinski definition) is 2. The Morgan fingerprint density at radius 3 is 2.39 bits per heavy atom. The maximum Gasteiger partial charge on any atom is 0.490 e. The third-order valence-corrected chi connectivity index (χ3v) is 6.73. The number of piperidine rings is 1. The number of cyclic esters (lactones) is 1. The Labute approximate surface area is 159 Å². The van der Waals surface area contributed by atoms with Gasteiger partial charge in [0.1, 0.15) is 6.61 Å². The molecule has 2 heterocycles. The van der Waals surface area contributed by atoms with Crippen molar-refractivity contribution in [1.82, 2.24) is 0 Å². The molecule has 0 spiro atoms. The van der Waals surface area contributed by atoms with Crippen LogP contribution in [0.2, 0.25) is 0 Å². The standard InChI is InChI=1S/C15H19NO4S.C2HF3O2/c1-10-13-8-20-15(17)12(13)2-3-14(10)21(18,19)9-11-4-6-16-7-5-11;3-2(4,5)1(6)7/h2-3,11,16H,4-9H2,1H3;(H,6,7)/p+1. The first kappa shape index (κ1) is 22.2. The van der Waals surface area contributed by atoms with Crippen LogP contribution in [0.5, 0.6) is 0 Å². The summed E-state index contributed by atoms with van der Waals surface area (Å²) < 4.78 is 62.1. The molecule has 0 radical (unpaired) electrons. The van der Waals surface area contributed by atoms with E-state index in [0.29, 0.717) is 16.0 Å². The van der Waals surface area contributed by atoms with Crippen molar-refractivity contribution in [2.75, 3.05) is 18.8 Å². The fourth-order valence-electron chi connectivity index (χ4n) is 3.23. The van der Waals surface area contributed by atoms with Crippen molar-refractivity contribution in [3.05, 3.63) is 28.8 Å². The van der Waals surface area contributed by atoms with Crippen LogP contribution in [0.3, 0.4) is 0 Å². The number of sulfone groups is 1. The van der Waals surface area contributed by atoms with E-state index >= 15 is 0 Å². The minimum absolute atomic E-state index is 0.182. The lowest BCUT2D eigenvalue weighted by Gasteiger charge is -2.20. The molecule has 28 heavy (non-hydrogen) atoms. The number of aliphatic carboxylic acids is 1. The van der Waals surface area contributed by atoms with Crippen molar-refractivity contribution in [3.8, 4) is 0 Å². The van der Waals surface area contributed by atoms with Gasteiger partial charge in [0.25, 0.3) is 0 Å². The van der Waals surface area contributed by atoms with Gasteiger partial charge in [-0.25, -0.2) is 18.0 Å². The van der Waals surface area contributed by atoms with E-state index in [4.69, 9.17) is 14.6 Å². The molecule has 3 N–H and O–H groups in total. The molecule has 1 aromatic rings. The fourth-order valence-corrected chi connectivity index (χ4v) is 5.23. The number of benzene rings is 1. The van der Waals surface area contributed by atoms with E-state index in [1.54, 1.807) is 19.1 Å². The summed E-state index contributed by atoms with van der Waals surface area (Å²) in [5.74, 6) is -2.67. The van der Waals surface area contributed by atoms with Gasteiger partial charge in [0.15, 0.2) is 9.84 Å². The molecule has 156 valence electrons. The van der Waals surface area contributed by atoms with Crippen molar-refractivity contribution >= 4 is 21.8 Å². The van der Waals surface area contributed by atoms with Gasteiger partial charge in [0, 0.05) is 18.4 Å². The van der Waals surface area contributed by atoms with Crippen LogP contribution in [0, 0.1) is 12.8 Å². The van der Waals surface area contributed by atoms with E-state index in [2.05, 4.69) is 5.32 Å². The number of esters is 1. The number of carboxylic acids is 1. The van der Waals surface area contributed by atoms with E-state index in [1.165, 1.54) is 0 Å². The zero-order valence-electron chi connectivity index (χ0n) is 15.1. The number of alkyl halides is 3. The highest BCUT2D eigenvalue weighted by Gasteiger charge is 2.38. The second kappa shape index (κ2) is 8.48. The van der Waals surface area contributed by atoms with Gasteiger partial charge in [0.05, 0.1) is 29.3 Å². The average molecular weight is 424 g/mol. The zero-order chi connectivity index (χ0) is 21.1. The number of carbonyl (C=O) groups excluding carboxylic acids is 1. The molecule has 0 aliphatic carbocycles. The van der Waals surface area contributed by atoms with Crippen LogP contribution in [-0.2, 0) is 26.0 Å². The Hall–Kier alpha value is -2.14. The molecule has 2 aliphatic rings. The minimum Gasteiger partial charge on any atom is -0.475 e. The first-order chi connectivity index (χ1) is 12.9. The number of hydrogen-bond acceptors (Lipinski definition) is 5. The molecule has 2 aliphatic heterocycles. The van der Waals surface area contributed by atoms with E-state index < -0.39 is 22.0 Å². The molecule has 1 fully saturated rings. The Balaban J connectivity index is 0.000000345. The van der Waals surface area contributed by atoms with E-state index in [0.717, 1.165) is 31.5 Å². The Morgan fingerprint density at radius 1 is 1.29 bits per heavy atom. The first-order valence-corrected chi connectivity index (χ1v) is 10.2. The van der Waals surface area contributed by atoms with Gasteiger partial charge in [-0.1, -0.05) is 0 Å². The van der Waals surface area contributed by atoms with Gasteiger partial charge in [-0.05, 0) is 30.5 Å². The second-order valence-corrected chi connectivity index (χ2v) is 8.69. The lowest BCUT2D eigenvalue weighted by atomic mass is 10.0. The number of ether oxygens (including phenoxy) is 1. The van der Waals surface area contributed by atoms with E-state index in [1.807, 2.05) is 0 Å². The van der Waals surface area contributed by atoms with Gasteiger partial charge >= 0.3 is 18.1 Å². The zero-order valence-corrected chi connectivity index (χ0v) is 15.9. The number of fused-ring (bicyclic) bond motifs is 1. The molecule has 7 nitrogen and oxygen atoms in total. The van der Waals surface area contributed by atoms with Crippen LogP contribution in [-0.4, -0.2) is 50.5 Å². The summed E-state index contributed by atoms with van der Waals surface area (Å²) in [6.45, 7) is 3.96. The van der Waals surface area contributed by atoms with Crippen molar-refractivity contribution in [2.24, 2.45) is 5.92 Å². The van der Waals surface area contributed by atoms with Gasteiger partial charge in [-0.2, -0.15) is 13.2 Å². The normalized spacial score (nSPS) is 17.4. The largest absolute Gasteiger partial charge is 0.490 e. The summed E-state index contributed by atoms with van der Waals surface area (Å²) in [6, 6.07) is 3.14. The molecule has 0 amide bonds. The molecule has 0 aromatic heterocycles. The third kappa shape index (κ3) is 5.22. The maximum atomic E-state index is 12.7. The topological polar surface area (TPSA) is 114 Å². The summed E-state index contributed by atoms with van der Waals surface area (Å²) in [5.41, 5.74) is 1.89. The maximum absolute atomic E-state index is 12.7. The predicted octanol–water partition coefficient (Wildman–Crippen LogP) is 1.05. The number of carboxylic acid groups (broad SMARTS) is 1. The average Bonchev–Trinajstić information content (AvgIpc) is 2.97. The molecule has 1 aromatic carbocycles. The molecule has 0 unspecified atom stereocenters. The first-order valence-electron chi connectivity index (χ1n) is 8.57. The smallest absolute Gasteiger partial charge is 0.475 e. The molecule has 1 saturated heterocycles. The quantitative estimate of drug-likeness (QED) is 0.701. The lowest BCUT2D eigenvalue weighted by molar-refractivity contribution is -0.664. The monoisotopic (exact) mass is 424 g/mol. The summed E-state index contributed by atoms with van der Waals surface area (Å²) in [7, 11) is -3.31.